The Morgan fingerprint density at radius 2 is 2.11 bits per heavy atom. The lowest BCUT2D eigenvalue weighted by Crippen LogP contribution is -2.08. The van der Waals surface area contributed by atoms with E-state index in [9.17, 15) is 4.79 Å². The minimum atomic E-state index is -0.399. The average Bonchev–Trinajstić information content (AvgIpc) is 2.37. The van der Waals surface area contributed by atoms with E-state index in [1.807, 2.05) is 31.2 Å². The van der Waals surface area contributed by atoms with E-state index in [4.69, 9.17) is 5.73 Å². The number of aryl methyl sites for hydroxylation is 1. The molecule has 0 aliphatic rings. The second-order valence-corrected chi connectivity index (χ2v) is 5.03. The van der Waals surface area contributed by atoms with Crippen molar-refractivity contribution in [1.29, 1.82) is 0 Å². The fraction of sp³-hybridized carbons (Fsp3) is 0.143. The Kier molecular flexibility index (Phi) is 3.77. The van der Waals surface area contributed by atoms with Gasteiger partial charge in [-0.15, -0.1) is 0 Å². The zero-order chi connectivity index (χ0) is 13.1. The zero-order valence-electron chi connectivity index (χ0n) is 9.93. The number of alkyl halides is 1. The number of ketones is 1. The van der Waals surface area contributed by atoms with E-state index < -0.39 is 4.83 Å². The van der Waals surface area contributed by atoms with E-state index in [0.717, 1.165) is 11.1 Å². The van der Waals surface area contributed by atoms with Crippen molar-refractivity contribution >= 4 is 27.5 Å². The molecule has 0 radical (unpaired) electrons. The molecule has 0 saturated heterocycles. The topological polar surface area (TPSA) is 56.0 Å². The Morgan fingerprint density at radius 3 is 2.78 bits per heavy atom. The molecular weight excluding hydrogens is 292 g/mol. The van der Waals surface area contributed by atoms with E-state index in [-0.39, 0.29) is 5.78 Å². The molecule has 0 saturated carbocycles. The summed E-state index contributed by atoms with van der Waals surface area (Å²) >= 11 is 3.41. The van der Waals surface area contributed by atoms with Crippen molar-refractivity contribution in [2.75, 3.05) is 5.73 Å². The second kappa shape index (κ2) is 5.31. The second-order valence-electron chi connectivity index (χ2n) is 4.11. The van der Waals surface area contributed by atoms with Gasteiger partial charge in [-0.3, -0.25) is 4.79 Å². The lowest BCUT2D eigenvalue weighted by atomic mass is 10.0. The highest BCUT2D eigenvalue weighted by Gasteiger charge is 2.19. The fourth-order valence-electron chi connectivity index (χ4n) is 1.72. The molecule has 0 fully saturated rings. The number of halogens is 1. The van der Waals surface area contributed by atoms with Crippen LogP contribution >= 0.6 is 15.9 Å². The number of pyridine rings is 1. The molecule has 1 atom stereocenters. The van der Waals surface area contributed by atoms with Crippen LogP contribution in [0.2, 0.25) is 0 Å². The molecule has 18 heavy (non-hydrogen) atoms. The predicted molar refractivity (Wildman–Crippen MR) is 75.8 cm³/mol. The molecule has 0 aliphatic carbocycles. The summed E-state index contributed by atoms with van der Waals surface area (Å²) < 4.78 is 0. The van der Waals surface area contributed by atoms with Crippen molar-refractivity contribution in [2.24, 2.45) is 0 Å². The molecule has 1 aromatic heterocycles. The molecule has 3 nitrogen and oxygen atoms in total. The average molecular weight is 305 g/mol. The van der Waals surface area contributed by atoms with Gasteiger partial charge in [0.15, 0.2) is 5.78 Å². The third-order valence-corrected chi connectivity index (χ3v) is 3.58. The summed E-state index contributed by atoms with van der Waals surface area (Å²) in [5, 5.41) is 0. The molecular formula is C14H13BrN2O. The van der Waals surface area contributed by atoms with Gasteiger partial charge in [0.2, 0.25) is 0 Å². The molecule has 4 heteroatoms. The number of anilines is 1. The van der Waals surface area contributed by atoms with Crippen molar-refractivity contribution in [2.45, 2.75) is 11.8 Å². The maximum Gasteiger partial charge on any atom is 0.180 e. The quantitative estimate of drug-likeness (QED) is 0.699. The Hall–Kier alpha value is -1.68. The summed E-state index contributed by atoms with van der Waals surface area (Å²) in [7, 11) is 0. The Labute approximate surface area is 114 Å². The van der Waals surface area contributed by atoms with E-state index in [2.05, 4.69) is 20.9 Å². The van der Waals surface area contributed by atoms with Crippen LogP contribution in [0.3, 0.4) is 0 Å². The molecule has 1 heterocycles. The van der Waals surface area contributed by atoms with Crippen molar-refractivity contribution in [3.05, 3.63) is 59.3 Å². The molecule has 0 amide bonds. The van der Waals surface area contributed by atoms with Gasteiger partial charge in [-0.25, -0.2) is 4.98 Å². The molecule has 2 rings (SSSR count). The summed E-state index contributed by atoms with van der Waals surface area (Å²) in [6.07, 6.45) is 1.60. The highest BCUT2D eigenvalue weighted by Crippen LogP contribution is 2.27. The van der Waals surface area contributed by atoms with Crippen molar-refractivity contribution in [3.8, 4) is 0 Å². The summed E-state index contributed by atoms with van der Waals surface area (Å²) in [5.41, 5.74) is 8.18. The highest BCUT2D eigenvalue weighted by molar-refractivity contribution is 9.09. The molecule has 2 aromatic rings. The van der Waals surface area contributed by atoms with Crippen molar-refractivity contribution in [3.63, 3.8) is 0 Å². The smallest absolute Gasteiger partial charge is 0.180 e. The maximum atomic E-state index is 12.3. The van der Waals surface area contributed by atoms with Gasteiger partial charge >= 0.3 is 0 Å². The third kappa shape index (κ3) is 2.76. The Morgan fingerprint density at radius 1 is 1.33 bits per heavy atom. The van der Waals surface area contributed by atoms with Crippen LogP contribution in [-0.4, -0.2) is 10.8 Å². The lowest BCUT2D eigenvalue weighted by Gasteiger charge is -2.10. The number of carbonyl (C=O) groups is 1. The summed E-state index contributed by atoms with van der Waals surface area (Å²) in [6.45, 7) is 1.96. The van der Waals surface area contributed by atoms with Gasteiger partial charge in [0.25, 0.3) is 0 Å². The summed E-state index contributed by atoms with van der Waals surface area (Å²) in [4.78, 5) is 15.8. The molecule has 0 bridgehead atoms. The number of Topliss-reactive ketones (excluding diaryl/α,β-unsaturated/α-hetero) is 1. The molecule has 0 unspecified atom stereocenters. The van der Waals surface area contributed by atoms with Gasteiger partial charge in [0.1, 0.15) is 10.6 Å². The van der Waals surface area contributed by atoms with Gasteiger partial charge in [-0.1, -0.05) is 39.7 Å². The first-order chi connectivity index (χ1) is 8.58. The highest BCUT2D eigenvalue weighted by atomic mass is 79.9. The number of hydrogen-bond donors (Lipinski definition) is 1. The minimum absolute atomic E-state index is 0.0179. The largest absolute Gasteiger partial charge is 0.384 e. The SMILES string of the molecule is Cc1cccc(C(=O)[C@@H](Br)c2ccnc(N)c2)c1. The van der Waals surface area contributed by atoms with Crippen LogP contribution in [0.1, 0.15) is 26.3 Å². The minimum Gasteiger partial charge on any atom is -0.384 e. The number of hydrogen-bond acceptors (Lipinski definition) is 3. The number of nitrogens with zero attached hydrogens (tertiary/aromatic N) is 1. The Bertz CT molecular complexity index is 584. The first-order valence-electron chi connectivity index (χ1n) is 5.54. The van der Waals surface area contributed by atoms with Crippen LogP contribution in [0.15, 0.2) is 42.6 Å². The number of carbonyl (C=O) groups excluding carboxylic acids is 1. The van der Waals surface area contributed by atoms with Crippen LogP contribution in [0, 0.1) is 6.92 Å². The van der Waals surface area contributed by atoms with Gasteiger partial charge in [0, 0.05) is 11.8 Å². The molecule has 1 aromatic carbocycles. The van der Waals surface area contributed by atoms with Crippen LogP contribution < -0.4 is 5.73 Å². The lowest BCUT2D eigenvalue weighted by molar-refractivity contribution is 0.0991. The molecule has 0 spiro atoms. The van der Waals surface area contributed by atoms with E-state index in [0.29, 0.717) is 11.4 Å². The number of nitrogens with two attached hydrogens (primary N) is 1. The monoisotopic (exact) mass is 304 g/mol. The summed E-state index contributed by atoms with van der Waals surface area (Å²) in [6, 6.07) is 11.0. The standard InChI is InChI=1S/C14H13BrN2O/c1-9-3-2-4-11(7-9)14(18)13(15)10-5-6-17-12(16)8-10/h2-8,13H,1H3,(H2,16,17)/t13-/m0/s1. The number of rotatable bonds is 3. The predicted octanol–water partition coefficient (Wildman–Crippen LogP) is 3.29. The first-order valence-corrected chi connectivity index (χ1v) is 6.46. The fourth-order valence-corrected chi connectivity index (χ4v) is 2.27. The van der Waals surface area contributed by atoms with Gasteiger partial charge in [0.05, 0.1) is 0 Å². The van der Waals surface area contributed by atoms with Crippen LogP contribution in [0.25, 0.3) is 0 Å². The van der Waals surface area contributed by atoms with Crippen molar-refractivity contribution < 1.29 is 4.79 Å². The number of benzene rings is 1. The molecule has 92 valence electrons. The summed E-state index contributed by atoms with van der Waals surface area (Å²) in [5.74, 6) is 0.429. The van der Waals surface area contributed by atoms with Crippen LogP contribution in [-0.2, 0) is 0 Å². The normalized spacial score (nSPS) is 12.1. The van der Waals surface area contributed by atoms with Crippen LogP contribution in [0.4, 0.5) is 5.82 Å². The zero-order valence-corrected chi connectivity index (χ0v) is 11.5. The maximum absolute atomic E-state index is 12.3. The van der Waals surface area contributed by atoms with Gasteiger partial charge in [-0.05, 0) is 30.7 Å². The van der Waals surface area contributed by atoms with Gasteiger partial charge in [-0.2, -0.15) is 0 Å². The van der Waals surface area contributed by atoms with Gasteiger partial charge < -0.3 is 5.73 Å². The van der Waals surface area contributed by atoms with E-state index in [1.54, 1.807) is 18.3 Å². The third-order valence-electron chi connectivity index (χ3n) is 2.63. The molecule has 0 aliphatic heterocycles. The Balaban J connectivity index is 2.29. The first kappa shape index (κ1) is 12.8. The van der Waals surface area contributed by atoms with E-state index in [1.165, 1.54) is 0 Å². The number of aromatic nitrogens is 1. The number of nitrogen functional groups attached to an aromatic ring is 1. The van der Waals surface area contributed by atoms with Crippen LogP contribution in [0.5, 0.6) is 0 Å². The van der Waals surface area contributed by atoms with Crippen molar-refractivity contribution in [1.82, 2.24) is 4.98 Å². The molecule has 2 N–H and O–H groups in total. The van der Waals surface area contributed by atoms with E-state index >= 15 is 0 Å².